The first kappa shape index (κ1) is 22.3. The lowest BCUT2D eigenvalue weighted by molar-refractivity contribution is -0.115. The number of nitrogens with zero attached hydrogens (tertiary/aromatic N) is 1. The van der Waals surface area contributed by atoms with Gasteiger partial charge in [-0.05, 0) is 62.2 Å². The van der Waals surface area contributed by atoms with E-state index in [0.717, 1.165) is 19.3 Å². The van der Waals surface area contributed by atoms with E-state index in [1.807, 2.05) is 6.92 Å². The number of rotatable bonds is 6. The number of hydrogen-bond donors (Lipinski definition) is 2. The second kappa shape index (κ2) is 9.59. The van der Waals surface area contributed by atoms with Crippen LogP contribution in [0.3, 0.4) is 0 Å². The minimum absolute atomic E-state index is 0.0715. The van der Waals surface area contributed by atoms with Crippen molar-refractivity contribution in [2.45, 2.75) is 37.1 Å². The van der Waals surface area contributed by atoms with E-state index in [9.17, 15) is 18.0 Å². The van der Waals surface area contributed by atoms with Gasteiger partial charge in [-0.2, -0.15) is 4.31 Å². The van der Waals surface area contributed by atoms with Gasteiger partial charge in [0.2, 0.25) is 15.9 Å². The van der Waals surface area contributed by atoms with E-state index < -0.39 is 21.8 Å². The van der Waals surface area contributed by atoms with Gasteiger partial charge in [-0.3, -0.25) is 9.59 Å². The third-order valence-electron chi connectivity index (χ3n) is 4.98. The maximum atomic E-state index is 13.0. The zero-order valence-corrected chi connectivity index (χ0v) is 18.2. The van der Waals surface area contributed by atoms with E-state index in [0.29, 0.717) is 17.3 Å². The number of hydrogen-bond acceptors (Lipinski definition) is 4. The Kier molecular flexibility index (Phi) is 7.12. The molecular formula is C21H24ClN3O4S. The average molecular weight is 450 g/mol. The van der Waals surface area contributed by atoms with E-state index in [1.165, 1.54) is 28.6 Å². The second-order valence-electron chi connectivity index (χ2n) is 7.23. The summed E-state index contributed by atoms with van der Waals surface area (Å²) >= 11 is 5.81. The molecule has 9 heteroatoms. The van der Waals surface area contributed by atoms with Crippen LogP contribution in [-0.4, -0.2) is 43.7 Å². The molecule has 2 N–H and O–H groups in total. The predicted octanol–water partition coefficient (Wildman–Crippen LogP) is 3.27. The van der Waals surface area contributed by atoms with E-state index in [1.54, 1.807) is 24.3 Å². The van der Waals surface area contributed by atoms with Gasteiger partial charge in [0.15, 0.2) is 0 Å². The highest BCUT2D eigenvalue weighted by atomic mass is 35.5. The van der Waals surface area contributed by atoms with Crippen LogP contribution in [0.2, 0.25) is 5.02 Å². The van der Waals surface area contributed by atoms with Crippen LogP contribution < -0.4 is 10.6 Å². The van der Waals surface area contributed by atoms with Crippen molar-refractivity contribution >= 4 is 39.1 Å². The number of amides is 2. The number of sulfonamides is 1. The van der Waals surface area contributed by atoms with Crippen LogP contribution in [0, 0.1) is 0 Å². The van der Waals surface area contributed by atoms with Crippen LogP contribution in [0.4, 0.5) is 5.69 Å². The number of benzene rings is 2. The maximum Gasteiger partial charge on any atom is 0.251 e. The quantitative estimate of drug-likeness (QED) is 0.707. The smallest absolute Gasteiger partial charge is 0.251 e. The summed E-state index contributed by atoms with van der Waals surface area (Å²) in [4.78, 5) is 24.6. The lowest BCUT2D eigenvalue weighted by Crippen LogP contribution is -2.42. The molecule has 1 heterocycles. The normalized spacial score (nSPS) is 17.3. The molecule has 1 aliphatic heterocycles. The minimum Gasteiger partial charge on any atom is -0.343 e. The highest BCUT2D eigenvalue weighted by molar-refractivity contribution is 7.89. The predicted molar refractivity (Wildman–Crippen MR) is 116 cm³/mol. The van der Waals surface area contributed by atoms with Gasteiger partial charge in [0, 0.05) is 28.9 Å². The van der Waals surface area contributed by atoms with Gasteiger partial charge in [0.1, 0.15) is 0 Å². The Morgan fingerprint density at radius 3 is 2.57 bits per heavy atom. The SMILES string of the molecule is CC1CCCCN1S(=O)(=O)c1cccc(C(=O)NCC(=O)Nc2ccc(Cl)cc2)c1. The summed E-state index contributed by atoms with van der Waals surface area (Å²) in [6, 6.07) is 12.4. The molecule has 160 valence electrons. The number of nitrogens with one attached hydrogen (secondary N) is 2. The van der Waals surface area contributed by atoms with Gasteiger partial charge in [0.05, 0.1) is 11.4 Å². The van der Waals surface area contributed by atoms with Crippen molar-refractivity contribution in [1.29, 1.82) is 0 Å². The molecule has 0 aliphatic carbocycles. The summed E-state index contributed by atoms with van der Waals surface area (Å²) in [5.74, 6) is -0.929. The Bertz CT molecular complexity index is 1020. The molecule has 30 heavy (non-hydrogen) atoms. The molecule has 7 nitrogen and oxygen atoms in total. The fraction of sp³-hybridized carbons (Fsp3) is 0.333. The average Bonchev–Trinajstić information content (AvgIpc) is 2.74. The van der Waals surface area contributed by atoms with Gasteiger partial charge < -0.3 is 10.6 Å². The molecule has 1 saturated heterocycles. The molecule has 3 rings (SSSR count). The first-order valence-electron chi connectivity index (χ1n) is 9.73. The van der Waals surface area contributed by atoms with Crippen LogP contribution in [-0.2, 0) is 14.8 Å². The molecule has 0 radical (unpaired) electrons. The summed E-state index contributed by atoms with van der Waals surface area (Å²) in [5, 5.41) is 5.71. The van der Waals surface area contributed by atoms with Crippen molar-refractivity contribution in [3.63, 3.8) is 0 Å². The van der Waals surface area contributed by atoms with Gasteiger partial charge in [-0.1, -0.05) is 24.1 Å². The van der Waals surface area contributed by atoms with Crippen LogP contribution >= 0.6 is 11.6 Å². The standard InChI is InChI=1S/C21H24ClN3O4S/c1-15-5-2-3-12-25(15)30(28,29)19-7-4-6-16(13-19)21(27)23-14-20(26)24-18-10-8-17(22)9-11-18/h4,6-11,13,15H,2-3,5,12,14H2,1H3,(H,23,27)(H,24,26). The minimum atomic E-state index is -3.68. The van der Waals surface area contributed by atoms with Crippen LogP contribution in [0.5, 0.6) is 0 Å². The van der Waals surface area contributed by atoms with Crippen molar-refractivity contribution in [3.05, 3.63) is 59.1 Å². The van der Waals surface area contributed by atoms with E-state index in [2.05, 4.69) is 10.6 Å². The number of carbonyl (C=O) groups is 2. The fourth-order valence-electron chi connectivity index (χ4n) is 3.36. The van der Waals surface area contributed by atoms with Crippen molar-refractivity contribution in [3.8, 4) is 0 Å². The summed E-state index contributed by atoms with van der Waals surface area (Å²) in [6.45, 7) is 2.12. The summed E-state index contributed by atoms with van der Waals surface area (Å²) in [6.07, 6.45) is 2.66. The molecule has 2 aromatic carbocycles. The molecule has 2 amide bonds. The number of carbonyl (C=O) groups excluding carboxylic acids is 2. The van der Waals surface area contributed by atoms with E-state index in [4.69, 9.17) is 11.6 Å². The lowest BCUT2D eigenvalue weighted by Gasteiger charge is -2.32. The van der Waals surface area contributed by atoms with Crippen molar-refractivity contribution in [2.75, 3.05) is 18.4 Å². The highest BCUT2D eigenvalue weighted by Crippen LogP contribution is 2.25. The Morgan fingerprint density at radius 2 is 1.87 bits per heavy atom. The zero-order chi connectivity index (χ0) is 21.7. The number of anilines is 1. The Labute approximate surface area is 181 Å². The van der Waals surface area contributed by atoms with Gasteiger partial charge >= 0.3 is 0 Å². The molecule has 1 atom stereocenters. The Morgan fingerprint density at radius 1 is 1.13 bits per heavy atom. The molecule has 0 bridgehead atoms. The zero-order valence-electron chi connectivity index (χ0n) is 16.6. The largest absolute Gasteiger partial charge is 0.343 e. The van der Waals surface area contributed by atoms with Gasteiger partial charge in [-0.25, -0.2) is 8.42 Å². The molecule has 1 fully saturated rings. The third kappa shape index (κ3) is 5.38. The molecule has 2 aromatic rings. The molecule has 0 saturated carbocycles. The Balaban J connectivity index is 1.64. The van der Waals surface area contributed by atoms with Crippen molar-refractivity contribution < 1.29 is 18.0 Å². The van der Waals surface area contributed by atoms with Crippen LogP contribution in [0.15, 0.2) is 53.4 Å². The molecule has 1 unspecified atom stereocenters. The van der Waals surface area contributed by atoms with E-state index >= 15 is 0 Å². The maximum absolute atomic E-state index is 13.0. The molecule has 0 spiro atoms. The number of piperidine rings is 1. The first-order valence-corrected chi connectivity index (χ1v) is 11.5. The third-order valence-corrected chi connectivity index (χ3v) is 7.24. The molecular weight excluding hydrogens is 426 g/mol. The van der Waals surface area contributed by atoms with Crippen molar-refractivity contribution in [1.82, 2.24) is 9.62 Å². The lowest BCUT2D eigenvalue weighted by atomic mass is 10.1. The van der Waals surface area contributed by atoms with Gasteiger partial charge in [-0.15, -0.1) is 0 Å². The number of halogens is 1. The molecule has 0 aromatic heterocycles. The summed E-state index contributed by atoms with van der Waals surface area (Å²) in [7, 11) is -3.68. The molecule has 1 aliphatic rings. The fourth-order valence-corrected chi connectivity index (χ4v) is 5.23. The van der Waals surface area contributed by atoms with E-state index in [-0.39, 0.29) is 23.0 Å². The van der Waals surface area contributed by atoms with Crippen LogP contribution in [0.1, 0.15) is 36.5 Å². The van der Waals surface area contributed by atoms with Crippen molar-refractivity contribution in [2.24, 2.45) is 0 Å². The first-order chi connectivity index (χ1) is 14.3. The summed E-state index contributed by atoms with van der Waals surface area (Å²) < 4.78 is 27.5. The van der Waals surface area contributed by atoms with Gasteiger partial charge in [0.25, 0.3) is 5.91 Å². The topological polar surface area (TPSA) is 95.6 Å². The monoisotopic (exact) mass is 449 g/mol. The second-order valence-corrected chi connectivity index (χ2v) is 9.55. The van der Waals surface area contributed by atoms with Crippen LogP contribution in [0.25, 0.3) is 0 Å². The Hall–Kier alpha value is -2.42. The summed E-state index contributed by atoms with van der Waals surface area (Å²) in [5.41, 5.74) is 0.738. The highest BCUT2D eigenvalue weighted by Gasteiger charge is 2.31.